The van der Waals surface area contributed by atoms with Crippen molar-refractivity contribution < 1.29 is 0 Å². The second-order valence-electron chi connectivity index (χ2n) is 6.09. The second-order valence-corrected chi connectivity index (χ2v) is 6.50. The Kier molecular flexibility index (Phi) is 3.72. The highest BCUT2D eigenvalue weighted by atomic mass is 35.5. The number of benzene rings is 1. The molecule has 1 heterocycles. The molecule has 1 aliphatic carbocycles. The molecule has 1 aromatic rings. The van der Waals surface area contributed by atoms with Crippen molar-refractivity contribution in [3.05, 3.63) is 28.8 Å². The minimum Gasteiger partial charge on any atom is -0.367 e. The van der Waals surface area contributed by atoms with Crippen LogP contribution in [0.15, 0.2) is 18.2 Å². The van der Waals surface area contributed by atoms with Gasteiger partial charge in [0.25, 0.3) is 0 Å². The third-order valence-corrected chi connectivity index (χ3v) is 5.10. The van der Waals surface area contributed by atoms with Crippen LogP contribution in [0.1, 0.15) is 50.6 Å². The molecule has 1 saturated heterocycles. The molecule has 2 nitrogen and oxygen atoms in total. The Balaban J connectivity index is 1.88. The minimum atomic E-state index is 0.0483. The van der Waals surface area contributed by atoms with E-state index in [1.54, 1.807) is 0 Å². The Labute approximate surface area is 120 Å². The Morgan fingerprint density at radius 1 is 1.26 bits per heavy atom. The van der Waals surface area contributed by atoms with Crippen molar-refractivity contribution in [1.29, 1.82) is 0 Å². The first-order chi connectivity index (χ1) is 9.16. The van der Waals surface area contributed by atoms with Crippen molar-refractivity contribution in [3.63, 3.8) is 0 Å². The van der Waals surface area contributed by atoms with E-state index in [2.05, 4.69) is 17.0 Å². The topological polar surface area (TPSA) is 29.3 Å². The number of hydrogen-bond acceptors (Lipinski definition) is 2. The Morgan fingerprint density at radius 2 is 2.05 bits per heavy atom. The summed E-state index contributed by atoms with van der Waals surface area (Å²) in [6.45, 7) is 3.15. The van der Waals surface area contributed by atoms with Gasteiger partial charge in [0, 0.05) is 18.6 Å². The maximum atomic E-state index is 6.50. The zero-order valence-electron chi connectivity index (χ0n) is 11.6. The highest BCUT2D eigenvalue weighted by molar-refractivity contribution is 6.33. The molecule has 1 saturated carbocycles. The van der Waals surface area contributed by atoms with E-state index >= 15 is 0 Å². The SMILES string of the molecule is CC(N)c1ccc(N2CCCC3CCCC32)c(Cl)c1. The van der Waals surface area contributed by atoms with Gasteiger partial charge in [0.2, 0.25) is 0 Å². The van der Waals surface area contributed by atoms with Crippen LogP contribution in [0.25, 0.3) is 0 Å². The molecule has 19 heavy (non-hydrogen) atoms. The van der Waals surface area contributed by atoms with Crippen LogP contribution in [0.5, 0.6) is 0 Å². The van der Waals surface area contributed by atoms with Crippen LogP contribution in [0.3, 0.4) is 0 Å². The zero-order chi connectivity index (χ0) is 13.4. The van der Waals surface area contributed by atoms with E-state index in [0.29, 0.717) is 6.04 Å². The summed E-state index contributed by atoms with van der Waals surface area (Å²) in [5.74, 6) is 0.887. The molecule has 3 heteroatoms. The van der Waals surface area contributed by atoms with Gasteiger partial charge in [-0.2, -0.15) is 0 Å². The number of fused-ring (bicyclic) bond motifs is 1. The van der Waals surface area contributed by atoms with Crippen molar-refractivity contribution in [1.82, 2.24) is 0 Å². The predicted octanol–water partition coefficient (Wildman–Crippen LogP) is 4.13. The molecule has 0 aromatic heterocycles. The quantitative estimate of drug-likeness (QED) is 0.881. The zero-order valence-corrected chi connectivity index (χ0v) is 12.4. The first-order valence-corrected chi connectivity index (χ1v) is 7.86. The first kappa shape index (κ1) is 13.3. The molecular formula is C16H23ClN2. The number of halogens is 1. The average molecular weight is 279 g/mol. The van der Waals surface area contributed by atoms with E-state index in [1.165, 1.54) is 37.8 Å². The van der Waals surface area contributed by atoms with E-state index in [9.17, 15) is 0 Å². The summed E-state index contributed by atoms with van der Waals surface area (Å²) in [7, 11) is 0. The van der Waals surface area contributed by atoms with Crippen LogP contribution in [0.4, 0.5) is 5.69 Å². The number of piperidine rings is 1. The van der Waals surface area contributed by atoms with Gasteiger partial charge in [0.15, 0.2) is 0 Å². The highest BCUT2D eigenvalue weighted by Gasteiger charge is 2.35. The molecule has 2 aliphatic rings. The lowest BCUT2D eigenvalue weighted by molar-refractivity contribution is 0.362. The lowest BCUT2D eigenvalue weighted by Crippen LogP contribution is -2.42. The number of hydrogen-bond donors (Lipinski definition) is 1. The molecule has 3 atom stereocenters. The van der Waals surface area contributed by atoms with Crippen molar-refractivity contribution in [2.24, 2.45) is 11.7 Å². The maximum absolute atomic E-state index is 6.50. The summed E-state index contributed by atoms with van der Waals surface area (Å²) in [6.07, 6.45) is 6.80. The molecule has 1 aromatic carbocycles. The normalized spacial score (nSPS) is 28.3. The maximum Gasteiger partial charge on any atom is 0.0642 e. The molecule has 3 rings (SSSR count). The van der Waals surface area contributed by atoms with E-state index < -0.39 is 0 Å². The predicted molar refractivity (Wildman–Crippen MR) is 81.8 cm³/mol. The van der Waals surface area contributed by atoms with Gasteiger partial charge in [-0.1, -0.05) is 24.1 Å². The minimum absolute atomic E-state index is 0.0483. The van der Waals surface area contributed by atoms with Crippen molar-refractivity contribution in [3.8, 4) is 0 Å². The lowest BCUT2D eigenvalue weighted by Gasteiger charge is -2.40. The van der Waals surface area contributed by atoms with Gasteiger partial charge in [-0.15, -0.1) is 0 Å². The molecule has 3 unspecified atom stereocenters. The van der Waals surface area contributed by atoms with Crippen molar-refractivity contribution in [2.45, 2.75) is 51.1 Å². The van der Waals surface area contributed by atoms with Gasteiger partial charge >= 0.3 is 0 Å². The summed E-state index contributed by atoms with van der Waals surface area (Å²) >= 11 is 6.50. The molecule has 2 N–H and O–H groups in total. The van der Waals surface area contributed by atoms with Crippen LogP contribution in [-0.4, -0.2) is 12.6 Å². The van der Waals surface area contributed by atoms with Gasteiger partial charge < -0.3 is 10.6 Å². The summed E-state index contributed by atoms with van der Waals surface area (Å²) in [5.41, 5.74) is 8.25. The largest absolute Gasteiger partial charge is 0.367 e. The van der Waals surface area contributed by atoms with Gasteiger partial charge in [-0.05, 0) is 56.2 Å². The molecule has 104 valence electrons. The smallest absolute Gasteiger partial charge is 0.0642 e. The summed E-state index contributed by atoms with van der Waals surface area (Å²) in [6, 6.07) is 7.10. The molecule has 1 aliphatic heterocycles. The molecular weight excluding hydrogens is 256 g/mol. The highest BCUT2D eigenvalue weighted by Crippen LogP contribution is 2.41. The summed E-state index contributed by atoms with van der Waals surface area (Å²) in [4.78, 5) is 2.55. The second kappa shape index (κ2) is 5.34. The molecule has 2 fully saturated rings. The number of nitrogens with zero attached hydrogens (tertiary/aromatic N) is 1. The average Bonchev–Trinajstić information content (AvgIpc) is 2.86. The van der Waals surface area contributed by atoms with E-state index in [0.717, 1.165) is 23.0 Å². The fourth-order valence-electron chi connectivity index (χ4n) is 3.79. The fraction of sp³-hybridized carbons (Fsp3) is 0.625. The van der Waals surface area contributed by atoms with E-state index in [-0.39, 0.29) is 6.04 Å². The van der Waals surface area contributed by atoms with Gasteiger partial charge in [-0.3, -0.25) is 0 Å². The number of rotatable bonds is 2. The van der Waals surface area contributed by atoms with Crippen LogP contribution >= 0.6 is 11.6 Å². The van der Waals surface area contributed by atoms with Crippen molar-refractivity contribution >= 4 is 17.3 Å². The van der Waals surface area contributed by atoms with E-state index in [1.807, 2.05) is 13.0 Å². The monoisotopic (exact) mass is 278 g/mol. The molecule has 0 bridgehead atoms. The summed E-state index contributed by atoms with van der Waals surface area (Å²) < 4.78 is 0. The molecule has 0 amide bonds. The first-order valence-electron chi connectivity index (χ1n) is 7.48. The van der Waals surface area contributed by atoms with Gasteiger partial charge in [-0.25, -0.2) is 0 Å². The van der Waals surface area contributed by atoms with Gasteiger partial charge in [0.1, 0.15) is 0 Å². The number of anilines is 1. The van der Waals surface area contributed by atoms with Crippen molar-refractivity contribution in [2.75, 3.05) is 11.4 Å². The van der Waals surface area contributed by atoms with E-state index in [4.69, 9.17) is 17.3 Å². The van der Waals surface area contributed by atoms with Crippen LogP contribution in [-0.2, 0) is 0 Å². The summed E-state index contributed by atoms with van der Waals surface area (Å²) in [5, 5.41) is 0.863. The Bertz CT molecular complexity index is 458. The molecule has 0 radical (unpaired) electrons. The van der Waals surface area contributed by atoms with Crippen LogP contribution in [0, 0.1) is 5.92 Å². The third kappa shape index (κ3) is 2.48. The Hall–Kier alpha value is -0.730. The fourth-order valence-corrected chi connectivity index (χ4v) is 4.09. The third-order valence-electron chi connectivity index (χ3n) is 4.80. The standard InChI is InChI=1S/C16H23ClN2/c1-11(18)13-7-8-16(14(17)10-13)19-9-3-5-12-4-2-6-15(12)19/h7-8,10-12,15H,2-6,9,18H2,1H3. The van der Waals surface area contributed by atoms with Gasteiger partial charge in [0.05, 0.1) is 10.7 Å². The van der Waals surface area contributed by atoms with Crippen LogP contribution in [0.2, 0.25) is 5.02 Å². The number of nitrogens with two attached hydrogens (primary N) is 1. The van der Waals surface area contributed by atoms with Crippen LogP contribution < -0.4 is 10.6 Å². The Morgan fingerprint density at radius 3 is 2.79 bits per heavy atom. The lowest BCUT2D eigenvalue weighted by atomic mass is 9.91. The molecule has 0 spiro atoms.